The lowest BCUT2D eigenvalue weighted by atomic mass is 10.2. The van der Waals surface area contributed by atoms with Crippen LogP contribution in [0.25, 0.3) is 11.1 Å². The molecule has 1 heterocycles. The number of nitrogens with zero attached hydrogens (tertiary/aromatic N) is 1. The number of hydrogen-bond donors (Lipinski definition) is 2. The normalized spacial score (nSPS) is 11.3. The van der Waals surface area contributed by atoms with E-state index in [1.807, 2.05) is 0 Å². The molecule has 0 bridgehead atoms. The molecule has 1 aromatic carbocycles. The van der Waals surface area contributed by atoms with E-state index in [0.29, 0.717) is 17.2 Å². The summed E-state index contributed by atoms with van der Waals surface area (Å²) < 4.78 is 5.33. The van der Waals surface area contributed by atoms with Gasteiger partial charge in [-0.05, 0) is 25.1 Å². The summed E-state index contributed by atoms with van der Waals surface area (Å²) in [6.07, 6.45) is 0. The van der Waals surface area contributed by atoms with Crippen molar-refractivity contribution in [3.8, 4) is 0 Å². The van der Waals surface area contributed by atoms with Crippen molar-refractivity contribution in [1.82, 2.24) is 4.98 Å². The second kappa shape index (κ2) is 6.58. The zero-order valence-electron chi connectivity index (χ0n) is 9.97. The number of halogens is 2. The fraction of sp³-hybridized carbons (Fsp3) is 0.273. The van der Waals surface area contributed by atoms with Crippen molar-refractivity contribution in [3.63, 3.8) is 0 Å². The molecule has 100 valence electrons. The van der Waals surface area contributed by atoms with Crippen LogP contribution in [-0.4, -0.2) is 16.9 Å². The first-order valence-corrected chi connectivity index (χ1v) is 5.00. The van der Waals surface area contributed by atoms with E-state index in [9.17, 15) is 4.79 Å². The van der Waals surface area contributed by atoms with Crippen molar-refractivity contribution in [2.45, 2.75) is 19.9 Å². The molecule has 2 aromatic rings. The van der Waals surface area contributed by atoms with E-state index in [4.69, 9.17) is 10.2 Å². The van der Waals surface area contributed by atoms with Crippen molar-refractivity contribution >= 4 is 47.5 Å². The summed E-state index contributed by atoms with van der Waals surface area (Å²) in [5.74, 6) is 0.380. The van der Waals surface area contributed by atoms with Crippen LogP contribution in [0, 0.1) is 6.92 Å². The number of hydrogen-bond acceptors (Lipinski definition) is 4. The summed E-state index contributed by atoms with van der Waals surface area (Å²) >= 11 is 0. The van der Waals surface area contributed by atoms with Crippen LogP contribution in [0.4, 0.5) is 5.69 Å². The van der Waals surface area contributed by atoms with Crippen LogP contribution < -0.4 is 11.1 Å². The van der Waals surface area contributed by atoms with E-state index in [1.165, 1.54) is 0 Å². The lowest BCUT2D eigenvalue weighted by molar-refractivity contribution is -0.117. The number of aromatic nitrogens is 1. The SMILES string of the molecule is Cc1nc2cc(NC(=O)[C@@H](C)N)ccc2o1.Cl.Cl. The first-order chi connectivity index (χ1) is 7.56. The predicted molar refractivity (Wildman–Crippen MR) is 75.5 cm³/mol. The molecule has 0 saturated carbocycles. The Labute approximate surface area is 117 Å². The first kappa shape index (κ1) is 16.7. The number of anilines is 1. The van der Waals surface area contributed by atoms with Crippen molar-refractivity contribution in [2.24, 2.45) is 5.73 Å². The number of carbonyl (C=O) groups excluding carboxylic acids is 1. The Morgan fingerprint density at radius 2 is 2.11 bits per heavy atom. The summed E-state index contributed by atoms with van der Waals surface area (Å²) in [5, 5.41) is 2.70. The van der Waals surface area contributed by atoms with E-state index >= 15 is 0 Å². The summed E-state index contributed by atoms with van der Waals surface area (Å²) in [4.78, 5) is 15.6. The number of benzene rings is 1. The molecule has 2 rings (SSSR count). The highest BCUT2D eigenvalue weighted by Crippen LogP contribution is 2.19. The molecule has 5 nitrogen and oxygen atoms in total. The van der Waals surface area contributed by atoms with E-state index in [1.54, 1.807) is 32.0 Å². The Bertz CT molecular complexity index is 540. The number of fused-ring (bicyclic) bond motifs is 1. The Morgan fingerprint density at radius 3 is 2.72 bits per heavy atom. The van der Waals surface area contributed by atoms with Gasteiger partial charge in [-0.2, -0.15) is 0 Å². The Hall–Kier alpha value is -1.30. The van der Waals surface area contributed by atoms with Crippen molar-refractivity contribution in [2.75, 3.05) is 5.32 Å². The Balaban J connectivity index is 0.00000144. The number of carbonyl (C=O) groups is 1. The molecular formula is C11H15Cl2N3O2. The molecule has 1 amide bonds. The molecule has 0 saturated heterocycles. The molecular weight excluding hydrogens is 277 g/mol. The van der Waals surface area contributed by atoms with Crippen LogP contribution in [-0.2, 0) is 4.79 Å². The van der Waals surface area contributed by atoms with Gasteiger partial charge in [0, 0.05) is 12.6 Å². The predicted octanol–water partition coefficient (Wildman–Crippen LogP) is 2.27. The summed E-state index contributed by atoms with van der Waals surface area (Å²) in [7, 11) is 0. The zero-order valence-corrected chi connectivity index (χ0v) is 11.6. The number of nitrogens with one attached hydrogen (secondary N) is 1. The number of nitrogens with two attached hydrogens (primary N) is 1. The lowest BCUT2D eigenvalue weighted by Crippen LogP contribution is -2.32. The smallest absolute Gasteiger partial charge is 0.240 e. The van der Waals surface area contributed by atoms with Gasteiger partial charge in [-0.25, -0.2) is 4.98 Å². The van der Waals surface area contributed by atoms with Gasteiger partial charge in [0.25, 0.3) is 0 Å². The highest BCUT2D eigenvalue weighted by atomic mass is 35.5. The summed E-state index contributed by atoms with van der Waals surface area (Å²) in [6, 6.07) is 4.75. The monoisotopic (exact) mass is 291 g/mol. The highest BCUT2D eigenvalue weighted by Gasteiger charge is 2.09. The van der Waals surface area contributed by atoms with Gasteiger partial charge >= 0.3 is 0 Å². The van der Waals surface area contributed by atoms with Crippen LogP contribution in [0.5, 0.6) is 0 Å². The third-order valence-electron chi connectivity index (χ3n) is 2.18. The second-order valence-corrected chi connectivity index (χ2v) is 3.69. The number of amides is 1. The minimum Gasteiger partial charge on any atom is -0.441 e. The second-order valence-electron chi connectivity index (χ2n) is 3.69. The maximum Gasteiger partial charge on any atom is 0.240 e. The fourth-order valence-electron chi connectivity index (χ4n) is 1.38. The van der Waals surface area contributed by atoms with Gasteiger partial charge in [0.05, 0.1) is 6.04 Å². The Morgan fingerprint density at radius 1 is 1.44 bits per heavy atom. The van der Waals surface area contributed by atoms with Crippen molar-refractivity contribution in [3.05, 3.63) is 24.1 Å². The minimum atomic E-state index is -0.533. The van der Waals surface area contributed by atoms with Crippen molar-refractivity contribution < 1.29 is 9.21 Å². The van der Waals surface area contributed by atoms with Crippen molar-refractivity contribution in [1.29, 1.82) is 0 Å². The molecule has 0 fully saturated rings. The molecule has 7 heteroatoms. The molecule has 1 aromatic heterocycles. The van der Waals surface area contributed by atoms with Gasteiger partial charge in [-0.1, -0.05) is 0 Å². The van der Waals surface area contributed by atoms with E-state index < -0.39 is 6.04 Å². The van der Waals surface area contributed by atoms with Gasteiger partial charge in [-0.3, -0.25) is 4.79 Å². The van der Waals surface area contributed by atoms with Gasteiger partial charge < -0.3 is 15.5 Å². The molecule has 3 N–H and O–H groups in total. The van der Waals surface area contributed by atoms with E-state index in [2.05, 4.69) is 10.3 Å². The molecule has 0 radical (unpaired) electrons. The lowest BCUT2D eigenvalue weighted by Gasteiger charge is -2.06. The maximum atomic E-state index is 11.4. The van der Waals surface area contributed by atoms with Crippen LogP contribution in [0.2, 0.25) is 0 Å². The third kappa shape index (κ3) is 3.60. The molecule has 18 heavy (non-hydrogen) atoms. The van der Waals surface area contributed by atoms with Crippen LogP contribution >= 0.6 is 24.8 Å². The molecule has 1 atom stereocenters. The standard InChI is InChI=1S/C11H13N3O2.2ClH/c1-6(12)11(15)14-8-3-4-10-9(5-8)13-7(2)16-10;;/h3-6H,12H2,1-2H3,(H,14,15);2*1H/t6-;;/m1../s1. The summed E-state index contributed by atoms with van der Waals surface area (Å²) in [5.41, 5.74) is 7.55. The van der Waals surface area contributed by atoms with E-state index in [0.717, 1.165) is 5.52 Å². The zero-order chi connectivity index (χ0) is 11.7. The average molecular weight is 292 g/mol. The van der Waals surface area contributed by atoms with E-state index in [-0.39, 0.29) is 30.7 Å². The Kier molecular flexibility index (Phi) is 6.11. The third-order valence-corrected chi connectivity index (χ3v) is 2.18. The van der Waals surface area contributed by atoms with Crippen LogP contribution in [0.1, 0.15) is 12.8 Å². The quantitative estimate of drug-likeness (QED) is 0.889. The minimum absolute atomic E-state index is 0. The number of oxazole rings is 1. The van der Waals surface area contributed by atoms with Gasteiger partial charge in [-0.15, -0.1) is 24.8 Å². The van der Waals surface area contributed by atoms with Gasteiger partial charge in [0.2, 0.25) is 5.91 Å². The molecule has 0 aliphatic carbocycles. The molecule has 0 aliphatic heterocycles. The maximum absolute atomic E-state index is 11.4. The fourth-order valence-corrected chi connectivity index (χ4v) is 1.38. The van der Waals surface area contributed by atoms with Gasteiger partial charge in [0.15, 0.2) is 11.5 Å². The van der Waals surface area contributed by atoms with Gasteiger partial charge in [0.1, 0.15) is 5.52 Å². The molecule has 0 unspecified atom stereocenters. The topological polar surface area (TPSA) is 81.2 Å². The first-order valence-electron chi connectivity index (χ1n) is 5.00. The number of rotatable bonds is 2. The van der Waals surface area contributed by atoms with Crippen LogP contribution in [0.15, 0.2) is 22.6 Å². The number of aryl methyl sites for hydroxylation is 1. The largest absolute Gasteiger partial charge is 0.441 e. The average Bonchev–Trinajstić information content (AvgIpc) is 2.57. The molecule has 0 spiro atoms. The molecule has 0 aliphatic rings. The van der Waals surface area contributed by atoms with Crippen LogP contribution in [0.3, 0.4) is 0 Å². The highest BCUT2D eigenvalue weighted by molar-refractivity contribution is 5.95. The summed E-state index contributed by atoms with van der Waals surface area (Å²) in [6.45, 7) is 3.41.